The fourth-order valence-electron chi connectivity index (χ4n) is 1.90. The molecule has 0 radical (unpaired) electrons. The van der Waals surface area contributed by atoms with Crippen LogP contribution in [0.5, 0.6) is 0 Å². The Bertz CT molecular complexity index is 351. The third kappa shape index (κ3) is 3.97. The Morgan fingerprint density at radius 2 is 2.00 bits per heavy atom. The second-order valence-electron chi connectivity index (χ2n) is 5.52. The molecule has 1 rings (SSSR count). The molecule has 0 aliphatic rings. The van der Waals surface area contributed by atoms with E-state index in [1.54, 1.807) is 12.1 Å². The molecule has 0 aliphatic carbocycles. The Hall–Kier alpha value is -0.600. The minimum Gasteiger partial charge on any atom is -0.319 e. The maximum absolute atomic E-state index is 13.7. The van der Waals surface area contributed by atoms with Crippen LogP contribution in [0.3, 0.4) is 0 Å². The molecule has 0 aliphatic heterocycles. The SMILES string of the molecule is CNCC(Cc1c(F)cccc1Cl)C(C)(C)C. The summed E-state index contributed by atoms with van der Waals surface area (Å²) in [7, 11) is 1.92. The van der Waals surface area contributed by atoms with Crippen molar-refractivity contribution in [2.75, 3.05) is 13.6 Å². The summed E-state index contributed by atoms with van der Waals surface area (Å²) in [6.45, 7) is 7.37. The molecule has 96 valence electrons. The first kappa shape index (κ1) is 14.5. The van der Waals surface area contributed by atoms with Gasteiger partial charge in [-0.05, 0) is 43.5 Å². The zero-order valence-electron chi connectivity index (χ0n) is 11.0. The van der Waals surface area contributed by atoms with E-state index in [1.165, 1.54) is 6.07 Å². The summed E-state index contributed by atoms with van der Waals surface area (Å²) >= 11 is 6.06. The molecule has 0 fully saturated rings. The summed E-state index contributed by atoms with van der Waals surface area (Å²) in [6.07, 6.45) is 0.663. The van der Waals surface area contributed by atoms with Crippen molar-refractivity contribution in [2.45, 2.75) is 27.2 Å². The highest BCUT2D eigenvalue weighted by molar-refractivity contribution is 6.31. The molecular formula is C14H21ClFN. The largest absolute Gasteiger partial charge is 0.319 e. The van der Waals surface area contributed by atoms with Crippen LogP contribution in [-0.4, -0.2) is 13.6 Å². The molecule has 1 N–H and O–H groups in total. The molecule has 0 bridgehead atoms. The van der Waals surface area contributed by atoms with Crippen LogP contribution in [-0.2, 0) is 6.42 Å². The summed E-state index contributed by atoms with van der Waals surface area (Å²) in [5.74, 6) is 0.143. The van der Waals surface area contributed by atoms with E-state index in [4.69, 9.17) is 11.6 Å². The van der Waals surface area contributed by atoms with Crippen LogP contribution < -0.4 is 5.32 Å². The van der Waals surface area contributed by atoms with Gasteiger partial charge in [0.05, 0.1) is 0 Å². The fourth-order valence-corrected chi connectivity index (χ4v) is 2.14. The van der Waals surface area contributed by atoms with Gasteiger partial charge >= 0.3 is 0 Å². The van der Waals surface area contributed by atoms with Crippen LogP contribution >= 0.6 is 11.6 Å². The van der Waals surface area contributed by atoms with Crippen LogP contribution in [0.15, 0.2) is 18.2 Å². The van der Waals surface area contributed by atoms with Crippen LogP contribution in [0.4, 0.5) is 4.39 Å². The molecule has 0 aromatic heterocycles. The smallest absolute Gasteiger partial charge is 0.127 e. The topological polar surface area (TPSA) is 12.0 Å². The van der Waals surface area contributed by atoms with Gasteiger partial charge < -0.3 is 5.32 Å². The lowest BCUT2D eigenvalue weighted by Crippen LogP contribution is -2.32. The Morgan fingerprint density at radius 3 is 2.47 bits per heavy atom. The Balaban J connectivity index is 2.94. The summed E-state index contributed by atoms with van der Waals surface area (Å²) in [5, 5.41) is 3.69. The monoisotopic (exact) mass is 257 g/mol. The van der Waals surface area contributed by atoms with Crippen LogP contribution in [0.1, 0.15) is 26.3 Å². The molecule has 0 saturated carbocycles. The standard InChI is InChI=1S/C14H21ClFN/c1-14(2,3)10(9-17-4)8-11-12(15)6-5-7-13(11)16/h5-7,10,17H,8-9H2,1-4H3. The molecule has 1 nitrogen and oxygen atoms in total. The van der Waals surface area contributed by atoms with Crippen molar-refractivity contribution in [3.8, 4) is 0 Å². The minimum atomic E-state index is -0.206. The lowest BCUT2D eigenvalue weighted by molar-refractivity contribution is 0.233. The van der Waals surface area contributed by atoms with Gasteiger partial charge in [0.1, 0.15) is 5.82 Å². The quantitative estimate of drug-likeness (QED) is 0.863. The van der Waals surface area contributed by atoms with Crippen molar-refractivity contribution in [3.05, 3.63) is 34.6 Å². The lowest BCUT2D eigenvalue weighted by Gasteiger charge is -2.31. The van der Waals surface area contributed by atoms with E-state index in [2.05, 4.69) is 26.1 Å². The highest BCUT2D eigenvalue weighted by atomic mass is 35.5. The predicted molar refractivity (Wildman–Crippen MR) is 72.0 cm³/mol. The molecule has 1 atom stereocenters. The summed E-state index contributed by atoms with van der Waals surface area (Å²) in [5.41, 5.74) is 0.749. The molecule has 0 saturated heterocycles. The highest BCUT2D eigenvalue weighted by Crippen LogP contribution is 2.31. The van der Waals surface area contributed by atoms with Gasteiger partial charge in [0, 0.05) is 10.6 Å². The molecule has 1 aromatic rings. The fraction of sp³-hybridized carbons (Fsp3) is 0.571. The van der Waals surface area contributed by atoms with E-state index in [-0.39, 0.29) is 11.2 Å². The molecule has 3 heteroatoms. The van der Waals surface area contributed by atoms with E-state index < -0.39 is 0 Å². The van der Waals surface area contributed by atoms with Gasteiger partial charge in [0.2, 0.25) is 0 Å². The van der Waals surface area contributed by atoms with E-state index in [1.807, 2.05) is 7.05 Å². The number of hydrogen-bond acceptors (Lipinski definition) is 1. The van der Waals surface area contributed by atoms with Crippen LogP contribution in [0.2, 0.25) is 5.02 Å². The summed E-state index contributed by atoms with van der Waals surface area (Å²) < 4.78 is 13.7. The average molecular weight is 258 g/mol. The van der Waals surface area contributed by atoms with Gasteiger partial charge in [-0.2, -0.15) is 0 Å². The van der Waals surface area contributed by atoms with Gasteiger partial charge in [-0.1, -0.05) is 38.4 Å². The highest BCUT2D eigenvalue weighted by Gasteiger charge is 2.25. The second-order valence-corrected chi connectivity index (χ2v) is 5.93. The zero-order chi connectivity index (χ0) is 13.1. The lowest BCUT2D eigenvalue weighted by atomic mass is 9.77. The number of hydrogen-bond donors (Lipinski definition) is 1. The molecule has 1 unspecified atom stereocenters. The van der Waals surface area contributed by atoms with Crippen molar-refractivity contribution >= 4 is 11.6 Å². The Morgan fingerprint density at radius 1 is 1.35 bits per heavy atom. The Kier molecular flexibility index (Phi) is 4.96. The maximum atomic E-state index is 13.7. The van der Waals surface area contributed by atoms with E-state index in [9.17, 15) is 4.39 Å². The maximum Gasteiger partial charge on any atom is 0.127 e. The third-order valence-corrected chi connectivity index (χ3v) is 3.54. The summed E-state index contributed by atoms with van der Waals surface area (Å²) in [4.78, 5) is 0. The Labute approximate surface area is 108 Å². The predicted octanol–water partition coefficient (Wildman–Crippen LogP) is 3.90. The van der Waals surface area contributed by atoms with Gasteiger partial charge in [0.25, 0.3) is 0 Å². The normalized spacial score (nSPS) is 13.8. The molecule has 0 spiro atoms. The number of halogens is 2. The van der Waals surface area contributed by atoms with Crippen LogP contribution in [0.25, 0.3) is 0 Å². The molecule has 1 aromatic carbocycles. The minimum absolute atomic E-state index is 0.120. The van der Waals surface area contributed by atoms with Gasteiger partial charge in [-0.3, -0.25) is 0 Å². The molecule has 0 amide bonds. The molecule has 17 heavy (non-hydrogen) atoms. The van der Waals surface area contributed by atoms with Crippen LogP contribution in [0, 0.1) is 17.2 Å². The van der Waals surface area contributed by atoms with Crippen molar-refractivity contribution in [1.82, 2.24) is 5.32 Å². The molecule has 0 heterocycles. The van der Waals surface area contributed by atoms with Gasteiger partial charge in [-0.25, -0.2) is 4.39 Å². The van der Waals surface area contributed by atoms with E-state index >= 15 is 0 Å². The van der Waals surface area contributed by atoms with Crippen molar-refractivity contribution in [2.24, 2.45) is 11.3 Å². The molecular weight excluding hydrogens is 237 g/mol. The number of benzene rings is 1. The number of rotatable bonds is 4. The van der Waals surface area contributed by atoms with E-state index in [0.717, 1.165) is 6.54 Å². The summed E-state index contributed by atoms with van der Waals surface area (Å²) in [6, 6.07) is 4.87. The zero-order valence-corrected chi connectivity index (χ0v) is 11.7. The third-order valence-electron chi connectivity index (χ3n) is 3.19. The second kappa shape index (κ2) is 5.83. The average Bonchev–Trinajstić information content (AvgIpc) is 2.20. The first-order chi connectivity index (χ1) is 7.86. The van der Waals surface area contributed by atoms with Gasteiger partial charge in [-0.15, -0.1) is 0 Å². The van der Waals surface area contributed by atoms with Crippen molar-refractivity contribution in [1.29, 1.82) is 0 Å². The first-order valence-corrected chi connectivity index (χ1v) is 6.31. The first-order valence-electron chi connectivity index (χ1n) is 5.93. The van der Waals surface area contributed by atoms with Crippen molar-refractivity contribution in [3.63, 3.8) is 0 Å². The van der Waals surface area contributed by atoms with Crippen molar-refractivity contribution < 1.29 is 4.39 Å². The van der Waals surface area contributed by atoms with E-state index in [0.29, 0.717) is 22.9 Å². The van der Waals surface area contributed by atoms with Gasteiger partial charge in [0.15, 0.2) is 0 Å². The number of nitrogens with one attached hydrogen (secondary N) is 1.